The molecule has 1 aliphatic heterocycles. The lowest BCUT2D eigenvalue weighted by molar-refractivity contribution is 0.226. The lowest BCUT2D eigenvalue weighted by Gasteiger charge is -2.24. The van der Waals surface area contributed by atoms with E-state index in [9.17, 15) is 0 Å². The Kier molecular flexibility index (Phi) is 1.57. The molecule has 0 radical (unpaired) electrons. The van der Waals surface area contributed by atoms with Gasteiger partial charge in [-0.15, -0.1) is 0 Å². The largest absolute Gasteiger partial charge is 0.487 e. The average molecular weight is 164 g/mol. The Bertz CT molecular complexity index is 299. The summed E-state index contributed by atoms with van der Waals surface area (Å²) in [4.78, 5) is 0. The van der Waals surface area contributed by atoms with Gasteiger partial charge in [0.2, 0.25) is 0 Å². The summed E-state index contributed by atoms with van der Waals surface area (Å²) in [7, 11) is 0. The Morgan fingerprint density at radius 3 is 3.25 bits per heavy atom. The number of anilines is 2. The summed E-state index contributed by atoms with van der Waals surface area (Å²) in [5.74, 6) is 0.892. The second-order valence-electron chi connectivity index (χ2n) is 3.06. The molecule has 1 aromatic carbocycles. The summed E-state index contributed by atoms with van der Waals surface area (Å²) in [6.07, 6.45) is 0.237. The minimum absolute atomic E-state index is 0.237. The Morgan fingerprint density at radius 2 is 2.42 bits per heavy atom. The predicted molar refractivity (Wildman–Crippen MR) is 49.4 cm³/mol. The molecule has 1 aromatic rings. The summed E-state index contributed by atoms with van der Waals surface area (Å²) in [5.41, 5.74) is 7.38. The van der Waals surface area contributed by atoms with Gasteiger partial charge in [-0.1, -0.05) is 0 Å². The van der Waals surface area contributed by atoms with Crippen LogP contribution in [0.25, 0.3) is 0 Å². The Labute approximate surface area is 71.5 Å². The summed E-state index contributed by atoms with van der Waals surface area (Å²) in [6, 6.07) is 5.63. The Balaban J connectivity index is 2.37. The maximum absolute atomic E-state index is 5.62. The highest BCUT2D eigenvalue weighted by Gasteiger charge is 2.14. The van der Waals surface area contributed by atoms with Gasteiger partial charge in [-0.3, -0.25) is 0 Å². The molecular weight excluding hydrogens is 152 g/mol. The van der Waals surface area contributed by atoms with Crippen LogP contribution in [-0.4, -0.2) is 12.6 Å². The van der Waals surface area contributed by atoms with E-state index in [1.807, 2.05) is 25.1 Å². The fourth-order valence-electron chi connectivity index (χ4n) is 1.30. The summed E-state index contributed by atoms with van der Waals surface area (Å²) in [6.45, 7) is 2.88. The zero-order valence-corrected chi connectivity index (χ0v) is 7.00. The van der Waals surface area contributed by atoms with Crippen LogP contribution in [0.4, 0.5) is 11.4 Å². The van der Waals surface area contributed by atoms with E-state index >= 15 is 0 Å². The lowest BCUT2D eigenvalue weighted by atomic mass is 10.2. The molecule has 0 aliphatic carbocycles. The molecule has 0 saturated carbocycles. The number of nitrogens with one attached hydrogen (secondary N) is 1. The van der Waals surface area contributed by atoms with Crippen molar-refractivity contribution in [3.8, 4) is 5.75 Å². The third-order valence-corrected chi connectivity index (χ3v) is 1.91. The van der Waals surface area contributed by atoms with Crippen LogP contribution in [0.5, 0.6) is 5.75 Å². The molecule has 3 heteroatoms. The number of ether oxygens (including phenoxy) is 1. The zero-order chi connectivity index (χ0) is 8.55. The van der Waals surface area contributed by atoms with Crippen LogP contribution >= 0.6 is 0 Å². The Morgan fingerprint density at radius 1 is 1.58 bits per heavy atom. The van der Waals surface area contributed by atoms with Crippen LogP contribution in [-0.2, 0) is 0 Å². The Hall–Kier alpha value is -1.38. The van der Waals surface area contributed by atoms with Crippen LogP contribution in [0.2, 0.25) is 0 Å². The molecule has 0 aromatic heterocycles. The zero-order valence-electron chi connectivity index (χ0n) is 7.00. The normalized spacial score (nSPS) is 20.6. The maximum atomic E-state index is 5.62. The van der Waals surface area contributed by atoms with Crippen LogP contribution in [0.15, 0.2) is 18.2 Å². The SMILES string of the molecule is CC1CNc2cc(N)ccc2O1. The number of benzene rings is 1. The van der Waals surface area contributed by atoms with Gasteiger partial charge in [0.05, 0.1) is 12.2 Å². The van der Waals surface area contributed by atoms with Crippen molar-refractivity contribution >= 4 is 11.4 Å². The number of fused-ring (bicyclic) bond motifs is 1. The van der Waals surface area contributed by atoms with Crippen LogP contribution in [0, 0.1) is 0 Å². The first-order valence-corrected chi connectivity index (χ1v) is 4.06. The molecule has 0 amide bonds. The first-order valence-electron chi connectivity index (χ1n) is 4.06. The van der Waals surface area contributed by atoms with Gasteiger partial charge in [-0.25, -0.2) is 0 Å². The van der Waals surface area contributed by atoms with Crippen LogP contribution in [0.1, 0.15) is 6.92 Å². The van der Waals surface area contributed by atoms with Gasteiger partial charge in [0.25, 0.3) is 0 Å². The number of hydrogen-bond donors (Lipinski definition) is 2. The second-order valence-corrected chi connectivity index (χ2v) is 3.06. The van der Waals surface area contributed by atoms with Gasteiger partial charge in [0.15, 0.2) is 0 Å². The summed E-state index contributed by atoms with van der Waals surface area (Å²) in [5, 5.41) is 3.25. The molecule has 0 bridgehead atoms. The molecule has 3 N–H and O–H groups in total. The molecule has 0 fully saturated rings. The van der Waals surface area contributed by atoms with Crippen molar-refractivity contribution < 1.29 is 4.74 Å². The highest BCUT2D eigenvalue weighted by atomic mass is 16.5. The summed E-state index contributed by atoms with van der Waals surface area (Å²) >= 11 is 0. The van der Waals surface area contributed by atoms with E-state index in [1.54, 1.807) is 0 Å². The van der Waals surface area contributed by atoms with Gasteiger partial charge < -0.3 is 15.8 Å². The van der Waals surface area contributed by atoms with E-state index in [0.717, 1.165) is 23.7 Å². The topological polar surface area (TPSA) is 47.3 Å². The van der Waals surface area contributed by atoms with Gasteiger partial charge in [0, 0.05) is 5.69 Å². The average Bonchev–Trinajstić information content (AvgIpc) is 2.05. The van der Waals surface area contributed by atoms with E-state index < -0.39 is 0 Å². The predicted octanol–water partition coefficient (Wildman–Crippen LogP) is 1.46. The third kappa shape index (κ3) is 1.18. The fraction of sp³-hybridized carbons (Fsp3) is 0.333. The van der Waals surface area contributed by atoms with Crippen molar-refractivity contribution in [3.05, 3.63) is 18.2 Å². The first kappa shape index (κ1) is 7.28. The molecular formula is C9H12N2O. The highest BCUT2D eigenvalue weighted by Crippen LogP contribution is 2.30. The number of hydrogen-bond acceptors (Lipinski definition) is 3. The fourth-order valence-corrected chi connectivity index (χ4v) is 1.30. The molecule has 1 aliphatic rings. The monoisotopic (exact) mass is 164 g/mol. The van der Waals surface area contributed by atoms with Crippen LogP contribution in [0.3, 0.4) is 0 Å². The van der Waals surface area contributed by atoms with Crippen molar-refractivity contribution in [1.29, 1.82) is 0 Å². The standard InChI is InChI=1S/C9H12N2O/c1-6-5-11-8-4-7(10)2-3-9(8)12-6/h2-4,6,11H,5,10H2,1H3. The van der Waals surface area contributed by atoms with Crippen molar-refractivity contribution in [3.63, 3.8) is 0 Å². The van der Waals surface area contributed by atoms with E-state index in [0.29, 0.717) is 0 Å². The highest BCUT2D eigenvalue weighted by molar-refractivity contribution is 5.64. The van der Waals surface area contributed by atoms with Crippen molar-refractivity contribution in [1.82, 2.24) is 0 Å². The molecule has 64 valence electrons. The number of nitrogens with two attached hydrogens (primary N) is 1. The second kappa shape index (κ2) is 2.59. The van der Waals surface area contributed by atoms with Gasteiger partial charge in [-0.05, 0) is 25.1 Å². The van der Waals surface area contributed by atoms with Gasteiger partial charge in [0.1, 0.15) is 11.9 Å². The maximum Gasteiger partial charge on any atom is 0.143 e. The molecule has 0 spiro atoms. The minimum Gasteiger partial charge on any atom is -0.487 e. The van der Waals surface area contributed by atoms with Crippen molar-refractivity contribution in [2.75, 3.05) is 17.6 Å². The number of nitrogen functional groups attached to an aromatic ring is 1. The molecule has 3 nitrogen and oxygen atoms in total. The van der Waals surface area contributed by atoms with E-state index in [4.69, 9.17) is 10.5 Å². The summed E-state index contributed by atoms with van der Waals surface area (Å²) < 4.78 is 5.57. The molecule has 2 rings (SSSR count). The first-order chi connectivity index (χ1) is 5.75. The van der Waals surface area contributed by atoms with E-state index in [1.165, 1.54) is 0 Å². The third-order valence-electron chi connectivity index (χ3n) is 1.91. The van der Waals surface area contributed by atoms with Crippen molar-refractivity contribution in [2.45, 2.75) is 13.0 Å². The quantitative estimate of drug-likeness (QED) is 0.571. The molecule has 0 saturated heterocycles. The smallest absolute Gasteiger partial charge is 0.143 e. The van der Waals surface area contributed by atoms with Crippen LogP contribution < -0.4 is 15.8 Å². The van der Waals surface area contributed by atoms with Crippen molar-refractivity contribution in [2.24, 2.45) is 0 Å². The minimum atomic E-state index is 0.237. The molecule has 12 heavy (non-hydrogen) atoms. The molecule has 1 heterocycles. The lowest BCUT2D eigenvalue weighted by Crippen LogP contribution is -2.27. The van der Waals surface area contributed by atoms with Gasteiger partial charge >= 0.3 is 0 Å². The molecule has 1 atom stereocenters. The van der Waals surface area contributed by atoms with E-state index in [-0.39, 0.29) is 6.10 Å². The van der Waals surface area contributed by atoms with Gasteiger partial charge in [-0.2, -0.15) is 0 Å². The molecule has 1 unspecified atom stereocenters. The number of rotatable bonds is 0. The van der Waals surface area contributed by atoms with E-state index in [2.05, 4.69) is 5.32 Å².